The number of ether oxygens (including phenoxy) is 1. The average molecular weight is 408 g/mol. The van der Waals surface area contributed by atoms with Gasteiger partial charge in [0.2, 0.25) is 5.91 Å². The molecule has 0 fully saturated rings. The first kappa shape index (κ1) is 19.1. The molecule has 148 valence electrons. The zero-order chi connectivity index (χ0) is 20.2. The zero-order valence-electron chi connectivity index (χ0n) is 15.9. The molecule has 29 heavy (non-hydrogen) atoms. The predicted molar refractivity (Wildman–Crippen MR) is 110 cm³/mol. The molecular weight excluding hydrogens is 388 g/mol. The number of anilines is 1. The largest absolute Gasteiger partial charge is 0.497 e. The van der Waals surface area contributed by atoms with E-state index < -0.39 is 0 Å². The lowest BCUT2D eigenvalue weighted by Gasteiger charge is -2.26. The number of benzene rings is 1. The number of carbonyl (C=O) groups excluding carboxylic acids is 2. The Bertz CT molecular complexity index is 1020. The Hall–Kier alpha value is -3.26. The summed E-state index contributed by atoms with van der Waals surface area (Å²) in [7, 11) is 1.62. The Kier molecular flexibility index (Phi) is 5.53. The van der Waals surface area contributed by atoms with Crippen LogP contribution in [0.25, 0.3) is 0 Å². The fourth-order valence-corrected chi connectivity index (χ4v) is 4.17. The van der Waals surface area contributed by atoms with Gasteiger partial charge in [-0.2, -0.15) is 0 Å². The van der Waals surface area contributed by atoms with Gasteiger partial charge in [0.1, 0.15) is 11.4 Å². The fraction of sp³-hybridized carbons (Fsp3) is 0.238. The van der Waals surface area contributed by atoms with Crippen molar-refractivity contribution in [1.29, 1.82) is 0 Å². The molecule has 0 saturated carbocycles. The van der Waals surface area contributed by atoms with Crippen LogP contribution in [0.1, 0.15) is 26.6 Å². The van der Waals surface area contributed by atoms with Gasteiger partial charge in [0.05, 0.1) is 25.8 Å². The second-order valence-corrected chi connectivity index (χ2v) is 7.73. The van der Waals surface area contributed by atoms with E-state index in [1.165, 1.54) is 11.3 Å². The normalized spacial score (nSPS) is 12.9. The van der Waals surface area contributed by atoms with E-state index >= 15 is 0 Å². The van der Waals surface area contributed by atoms with Crippen molar-refractivity contribution < 1.29 is 14.3 Å². The minimum absolute atomic E-state index is 0.0771. The number of pyridine rings is 1. The summed E-state index contributed by atoms with van der Waals surface area (Å²) in [6.45, 7) is 1.14. The number of aromatic nitrogens is 2. The summed E-state index contributed by atoms with van der Waals surface area (Å²) in [5.41, 5.74) is 2.24. The van der Waals surface area contributed by atoms with Crippen molar-refractivity contribution in [2.75, 3.05) is 19.0 Å². The van der Waals surface area contributed by atoms with E-state index in [0.29, 0.717) is 36.8 Å². The minimum atomic E-state index is -0.288. The number of nitrogens with zero attached hydrogens (tertiary/aromatic N) is 3. The number of carbonyl (C=O) groups is 2. The Labute approximate surface area is 172 Å². The molecule has 1 aliphatic heterocycles. The molecule has 0 bridgehead atoms. The lowest BCUT2D eigenvalue weighted by Crippen LogP contribution is -2.36. The van der Waals surface area contributed by atoms with Crippen molar-refractivity contribution in [2.45, 2.75) is 19.4 Å². The van der Waals surface area contributed by atoms with Crippen LogP contribution in [0, 0.1) is 0 Å². The average Bonchev–Trinajstić information content (AvgIpc) is 3.16. The second-order valence-electron chi connectivity index (χ2n) is 6.65. The molecule has 2 amide bonds. The lowest BCUT2D eigenvalue weighted by atomic mass is 10.1. The number of nitrogens with one attached hydrogen (secondary N) is 1. The van der Waals surface area contributed by atoms with Gasteiger partial charge in [-0.3, -0.25) is 19.9 Å². The van der Waals surface area contributed by atoms with Crippen molar-refractivity contribution in [3.8, 4) is 5.75 Å². The Morgan fingerprint density at radius 1 is 1.21 bits per heavy atom. The Balaban J connectivity index is 1.39. The van der Waals surface area contributed by atoms with Crippen molar-refractivity contribution in [2.24, 2.45) is 0 Å². The Morgan fingerprint density at radius 3 is 2.76 bits per heavy atom. The molecule has 1 aromatic carbocycles. The smallest absolute Gasteiger partial charge is 0.276 e. The first-order valence-electron chi connectivity index (χ1n) is 9.24. The standard InChI is InChI=1S/C21H20N4O3S/c1-28-15-7-5-14(6-8-15)12-19(26)25-11-9-16-18(13-25)29-21(23-16)24-20(27)17-4-2-3-10-22-17/h2-8,10H,9,11-13H2,1H3,(H,23,24,27). The van der Waals surface area contributed by atoms with E-state index in [0.717, 1.165) is 21.9 Å². The van der Waals surface area contributed by atoms with Gasteiger partial charge in [-0.15, -0.1) is 0 Å². The molecule has 0 atom stereocenters. The number of thiazole rings is 1. The van der Waals surface area contributed by atoms with Crippen LogP contribution in [0.4, 0.5) is 5.13 Å². The third-order valence-corrected chi connectivity index (χ3v) is 5.71. The number of fused-ring (bicyclic) bond motifs is 1. The molecule has 0 radical (unpaired) electrons. The predicted octanol–water partition coefficient (Wildman–Crippen LogP) is 2.93. The first-order chi connectivity index (χ1) is 14.1. The van der Waals surface area contributed by atoms with Gasteiger partial charge in [-0.05, 0) is 29.8 Å². The van der Waals surface area contributed by atoms with E-state index in [9.17, 15) is 9.59 Å². The minimum Gasteiger partial charge on any atom is -0.497 e. The summed E-state index contributed by atoms with van der Waals surface area (Å²) in [4.78, 5) is 36.4. The highest BCUT2D eigenvalue weighted by Gasteiger charge is 2.24. The van der Waals surface area contributed by atoms with E-state index in [2.05, 4.69) is 15.3 Å². The number of rotatable bonds is 5. The van der Waals surface area contributed by atoms with Crippen LogP contribution in [0.5, 0.6) is 5.75 Å². The number of amides is 2. The maximum absolute atomic E-state index is 12.7. The molecule has 0 unspecified atom stereocenters. The van der Waals surface area contributed by atoms with E-state index in [4.69, 9.17) is 4.74 Å². The van der Waals surface area contributed by atoms with Crippen molar-refractivity contribution >= 4 is 28.3 Å². The van der Waals surface area contributed by atoms with Crippen molar-refractivity contribution in [1.82, 2.24) is 14.9 Å². The zero-order valence-corrected chi connectivity index (χ0v) is 16.7. The van der Waals surface area contributed by atoms with Crippen LogP contribution in [-0.2, 0) is 24.2 Å². The van der Waals surface area contributed by atoms with Crippen molar-refractivity contribution in [3.05, 3.63) is 70.5 Å². The second kappa shape index (κ2) is 8.40. The monoisotopic (exact) mass is 408 g/mol. The molecule has 0 saturated heterocycles. The molecule has 1 aliphatic rings. The number of methoxy groups -OCH3 is 1. The molecule has 1 N–H and O–H groups in total. The molecule has 7 nitrogen and oxygen atoms in total. The van der Waals surface area contributed by atoms with E-state index in [-0.39, 0.29) is 11.8 Å². The van der Waals surface area contributed by atoms with Crippen LogP contribution in [0.2, 0.25) is 0 Å². The first-order valence-corrected chi connectivity index (χ1v) is 10.1. The van der Waals surface area contributed by atoms with Gasteiger partial charge >= 0.3 is 0 Å². The van der Waals surface area contributed by atoms with Gasteiger partial charge in [-0.1, -0.05) is 29.5 Å². The maximum atomic E-state index is 12.7. The molecule has 0 spiro atoms. The van der Waals surface area contributed by atoms with E-state index in [1.54, 1.807) is 31.5 Å². The highest BCUT2D eigenvalue weighted by Crippen LogP contribution is 2.29. The lowest BCUT2D eigenvalue weighted by molar-refractivity contribution is -0.131. The topological polar surface area (TPSA) is 84.4 Å². The Morgan fingerprint density at radius 2 is 2.03 bits per heavy atom. The summed E-state index contributed by atoms with van der Waals surface area (Å²) >= 11 is 1.41. The molecule has 3 heterocycles. The highest BCUT2D eigenvalue weighted by atomic mass is 32.1. The molecule has 2 aromatic heterocycles. The molecular formula is C21H20N4O3S. The third-order valence-electron chi connectivity index (χ3n) is 4.72. The highest BCUT2D eigenvalue weighted by molar-refractivity contribution is 7.15. The summed E-state index contributed by atoms with van der Waals surface area (Å²) in [6, 6.07) is 12.7. The van der Waals surface area contributed by atoms with Gasteiger partial charge in [0.15, 0.2) is 5.13 Å². The molecule has 8 heteroatoms. The van der Waals surface area contributed by atoms with Gasteiger partial charge < -0.3 is 9.64 Å². The molecule has 3 aromatic rings. The quantitative estimate of drug-likeness (QED) is 0.702. The van der Waals surface area contributed by atoms with Crippen LogP contribution in [0.3, 0.4) is 0 Å². The molecule has 4 rings (SSSR count). The van der Waals surface area contributed by atoms with Crippen LogP contribution in [-0.4, -0.2) is 40.3 Å². The van der Waals surface area contributed by atoms with Crippen molar-refractivity contribution in [3.63, 3.8) is 0 Å². The summed E-state index contributed by atoms with van der Waals surface area (Å²) in [5.74, 6) is 0.561. The summed E-state index contributed by atoms with van der Waals surface area (Å²) in [5, 5.41) is 3.34. The van der Waals surface area contributed by atoms with Gasteiger partial charge in [0, 0.05) is 24.0 Å². The maximum Gasteiger partial charge on any atom is 0.276 e. The molecule has 0 aliphatic carbocycles. The van der Waals surface area contributed by atoms with E-state index in [1.807, 2.05) is 29.2 Å². The van der Waals surface area contributed by atoms with Crippen LogP contribution >= 0.6 is 11.3 Å². The third kappa shape index (κ3) is 4.43. The van der Waals surface area contributed by atoms with Gasteiger partial charge in [0.25, 0.3) is 5.91 Å². The van der Waals surface area contributed by atoms with Crippen LogP contribution in [0.15, 0.2) is 48.7 Å². The summed E-state index contributed by atoms with van der Waals surface area (Å²) in [6.07, 6.45) is 2.61. The number of hydrogen-bond acceptors (Lipinski definition) is 6. The fourth-order valence-electron chi connectivity index (χ4n) is 3.15. The summed E-state index contributed by atoms with van der Waals surface area (Å²) < 4.78 is 5.15. The SMILES string of the molecule is COc1ccc(CC(=O)N2CCc3nc(NC(=O)c4ccccn4)sc3C2)cc1. The number of hydrogen-bond donors (Lipinski definition) is 1. The van der Waals surface area contributed by atoms with Gasteiger partial charge in [-0.25, -0.2) is 4.98 Å². The van der Waals surface area contributed by atoms with Crippen LogP contribution < -0.4 is 10.1 Å².